The monoisotopic (exact) mass is 714 g/mol. The number of ether oxygens (including phenoxy) is 3. The molecule has 3 fully saturated rings. The van der Waals surface area contributed by atoms with Gasteiger partial charge in [0.05, 0.1) is 25.5 Å². The average Bonchev–Trinajstić information content (AvgIpc) is 3.95. The van der Waals surface area contributed by atoms with Gasteiger partial charge in [-0.1, -0.05) is 32.4 Å². The first kappa shape index (κ1) is 35.9. The normalized spacial score (nSPS) is 30.2. The fourth-order valence-corrected chi connectivity index (χ4v) is 8.58. The minimum absolute atomic E-state index is 0.0377. The van der Waals surface area contributed by atoms with Crippen LogP contribution in [0.15, 0.2) is 30.4 Å². The van der Waals surface area contributed by atoms with E-state index in [1.807, 2.05) is 12.2 Å². The number of nitrogens with zero attached hydrogens (tertiary/aromatic N) is 2. The number of allylic oxidation sites excluding steroid dienone is 1. The van der Waals surface area contributed by atoms with E-state index in [-0.39, 0.29) is 55.1 Å². The second-order valence-electron chi connectivity index (χ2n) is 14.7. The lowest BCUT2D eigenvalue weighted by Gasteiger charge is -2.28. The molecule has 6 atom stereocenters. The first-order valence-corrected chi connectivity index (χ1v) is 18.9. The standard InChI is InChI=1S/C36H47FN4O8S/c1-6-22-13-21(2)9-7-8-10-24-19-36(24,34(44)40-50(45,46)35(3)11-12-35)39-32(43)28-17-25(20-41(28)31(42)14-22)49-33-26-18-27(37)29(47-4)15-23(26)16-30(38-33)48-5/h8,10,15-16,18,21-22,24-25,28H,6-7,9,11-14,17,19-20H2,1-5H3,(H,39,43)(H,40,44)/b10-8-/t21-,22-,24-,25-,28+,36-/m1/s1. The highest BCUT2D eigenvalue weighted by Gasteiger charge is 2.63. The van der Waals surface area contributed by atoms with Gasteiger partial charge in [0.2, 0.25) is 33.6 Å². The van der Waals surface area contributed by atoms with Crippen molar-refractivity contribution in [3.8, 4) is 17.5 Å². The molecule has 0 spiro atoms. The molecule has 14 heteroatoms. The van der Waals surface area contributed by atoms with Crippen LogP contribution in [0.2, 0.25) is 0 Å². The predicted octanol–water partition coefficient (Wildman–Crippen LogP) is 4.41. The van der Waals surface area contributed by atoms with Gasteiger partial charge in [0.1, 0.15) is 17.7 Å². The molecule has 1 aromatic carbocycles. The zero-order valence-corrected chi connectivity index (χ0v) is 30.1. The fourth-order valence-electron chi connectivity index (χ4n) is 7.27. The van der Waals surface area contributed by atoms with Crippen molar-refractivity contribution in [1.29, 1.82) is 0 Å². The molecule has 0 radical (unpaired) electrons. The molecular weight excluding hydrogens is 667 g/mol. The quantitative estimate of drug-likeness (QED) is 0.379. The van der Waals surface area contributed by atoms with Crippen LogP contribution in [0.1, 0.15) is 78.6 Å². The van der Waals surface area contributed by atoms with Gasteiger partial charge in [0.25, 0.3) is 5.91 Å². The van der Waals surface area contributed by atoms with Crippen molar-refractivity contribution in [2.45, 2.75) is 101 Å². The molecule has 2 aliphatic heterocycles. The molecule has 2 N–H and O–H groups in total. The average molecular weight is 715 g/mol. The second kappa shape index (κ2) is 13.6. The highest BCUT2D eigenvalue weighted by Crippen LogP contribution is 2.47. The van der Waals surface area contributed by atoms with Gasteiger partial charge < -0.3 is 24.4 Å². The van der Waals surface area contributed by atoms with E-state index in [9.17, 15) is 27.2 Å². The lowest BCUT2D eigenvalue weighted by Crippen LogP contribution is -2.57. The maximum atomic E-state index is 14.8. The van der Waals surface area contributed by atoms with Crippen LogP contribution in [0.5, 0.6) is 17.5 Å². The number of hydrogen-bond acceptors (Lipinski definition) is 9. The van der Waals surface area contributed by atoms with E-state index < -0.39 is 56.0 Å². The van der Waals surface area contributed by atoms with Gasteiger partial charge in [-0.25, -0.2) is 12.8 Å². The van der Waals surface area contributed by atoms with E-state index in [4.69, 9.17) is 14.2 Å². The highest BCUT2D eigenvalue weighted by atomic mass is 32.2. The Bertz CT molecular complexity index is 1810. The Morgan fingerprint density at radius 1 is 1.16 bits per heavy atom. The smallest absolute Gasteiger partial charge is 0.259 e. The molecule has 4 aliphatic rings. The molecule has 2 aliphatic carbocycles. The molecule has 2 saturated carbocycles. The van der Waals surface area contributed by atoms with Crippen LogP contribution in [0.4, 0.5) is 4.39 Å². The van der Waals surface area contributed by atoms with Crippen LogP contribution in [-0.4, -0.2) is 79.2 Å². The Morgan fingerprint density at radius 2 is 1.92 bits per heavy atom. The van der Waals surface area contributed by atoms with Crippen LogP contribution in [0.25, 0.3) is 10.8 Å². The second-order valence-corrected chi connectivity index (χ2v) is 16.9. The molecule has 6 rings (SSSR count). The summed E-state index contributed by atoms with van der Waals surface area (Å²) in [7, 11) is -1.15. The maximum Gasteiger partial charge on any atom is 0.259 e. The third-order valence-corrected chi connectivity index (χ3v) is 13.1. The number of halogens is 1. The number of methoxy groups -OCH3 is 2. The molecule has 2 aromatic rings. The Hall–Kier alpha value is -3.94. The summed E-state index contributed by atoms with van der Waals surface area (Å²) < 4.78 is 59.1. The Kier molecular flexibility index (Phi) is 9.79. The van der Waals surface area contributed by atoms with Crippen LogP contribution in [-0.2, 0) is 24.4 Å². The van der Waals surface area contributed by atoms with Crippen molar-refractivity contribution in [3.63, 3.8) is 0 Å². The molecule has 3 heterocycles. The summed E-state index contributed by atoms with van der Waals surface area (Å²) in [5, 5.41) is 3.81. The Balaban J connectivity index is 1.32. The maximum absolute atomic E-state index is 14.8. The summed E-state index contributed by atoms with van der Waals surface area (Å²) in [6.07, 6.45) is 7.93. The number of hydrogen-bond donors (Lipinski definition) is 2. The minimum Gasteiger partial charge on any atom is -0.494 e. The third-order valence-electron chi connectivity index (χ3n) is 11.0. The van der Waals surface area contributed by atoms with Crippen molar-refractivity contribution < 1.29 is 41.4 Å². The van der Waals surface area contributed by atoms with Crippen LogP contribution >= 0.6 is 0 Å². The molecule has 0 unspecified atom stereocenters. The Morgan fingerprint density at radius 3 is 2.60 bits per heavy atom. The number of aromatic nitrogens is 1. The number of carbonyl (C=O) groups is 3. The molecule has 0 bridgehead atoms. The van der Waals surface area contributed by atoms with Crippen molar-refractivity contribution in [3.05, 3.63) is 36.2 Å². The van der Waals surface area contributed by atoms with Crippen molar-refractivity contribution >= 4 is 38.5 Å². The largest absolute Gasteiger partial charge is 0.494 e. The molecule has 12 nitrogen and oxygen atoms in total. The van der Waals surface area contributed by atoms with Gasteiger partial charge in [-0.05, 0) is 74.8 Å². The molecule has 50 heavy (non-hydrogen) atoms. The van der Waals surface area contributed by atoms with Gasteiger partial charge in [0, 0.05) is 30.2 Å². The predicted molar refractivity (Wildman–Crippen MR) is 184 cm³/mol. The van der Waals surface area contributed by atoms with E-state index in [0.29, 0.717) is 29.5 Å². The number of amides is 3. The summed E-state index contributed by atoms with van der Waals surface area (Å²) in [6, 6.07) is 3.39. The van der Waals surface area contributed by atoms with Crippen molar-refractivity contribution in [2.24, 2.45) is 17.8 Å². The van der Waals surface area contributed by atoms with E-state index in [0.717, 1.165) is 25.7 Å². The molecule has 1 saturated heterocycles. The number of rotatable bonds is 8. The van der Waals surface area contributed by atoms with E-state index in [2.05, 4.69) is 28.9 Å². The minimum atomic E-state index is -3.96. The third kappa shape index (κ3) is 7.00. The van der Waals surface area contributed by atoms with Crippen LogP contribution < -0.4 is 24.2 Å². The summed E-state index contributed by atoms with van der Waals surface area (Å²) in [5.74, 6) is -1.79. The highest BCUT2D eigenvalue weighted by molar-refractivity contribution is 7.91. The van der Waals surface area contributed by atoms with Crippen molar-refractivity contribution in [2.75, 3.05) is 20.8 Å². The summed E-state index contributed by atoms with van der Waals surface area (Å²) in [5.41, 5.74) is -1.47. The summed E-state index contributed by atoms with van der Waals surface area (Å²) in [6.45, 7) is 5.86. The number of fused-ring (bicyclic) bond motifs is 3. The fraction of sp³-hybridized carbons (Fsp3) is 0.611. The molecule has 272 valence electrons. The van der Waals surface area contributed by atoms with Gasteiger partial charge in [-0.15, -0.1) is 0 Å². The first-order chi connectivity index (χ1) is 23.7. The van der Waals surface area contributed by atoms with Crippen LogP contribution in [0, 0.1) is 23.6 Å². The lowest BCUT2D eigenvalue weighted by atomic mass is 9.88. The van der Waals surface area contributed by atoms with Gasteiger partial charge >= 0.3 is 0 Å². The summed E-state index contributed by atoms with van der Waals surface area (Å²) >= 11 is 0. The first-order valence-electron chi connectivity index (χ1n) is 17.5. The number of carbonyl (C=O) groups excluding carboxylic acids is 3. The summed E-state index contributed by atoms with van der Waals surface area (Å²) in [4.78, 5) is 47.9. The molecular formula is C36H47FN4O8S. The Labute approximate surface area is 292 Å². The lowest BCUT2D eigenvalue weighted by molar-refractivity contribution is -0.140. The van der Waals surface area contributed by atoms with Gasteiger partial charge in [-0.2, -0.15) is 4.98 Å². The van der Waals surface area contributed by atoms with Gasteiger partial charge in [0.15, 0.2) is 11.6 Å². The van der Waals surface area contributed by atoms with E-state index in [1.54, 1.807) is 13.0 Å². The number of nitrogens with one attached hydrogen (secondary N) is 2. The topological polar surface area (TPSA) is 153 Å². The molecule has 1 aromatic heterocycles. The molecule has 3 amide bonds. The SMILES string of the molecule is CC[C@H]1CC(=O)N2C[C@H](Oc3nc(OC)cc4cc(OC)c(F)cc34)C[C@H]2C(=O)N[C@]2(C(=O)NS(=O)(=O)C3(C)CC3)C[C@H]2/C=C\CC[C@@H](C)C1. The number of pyridine rings is 1. The van der Waals surface area contributed by atoms with Gasteiger partial charge in [-0.3, -0.25) is 19.1 Å². The van der Waals surface area contributed by atoms with Crippen molar-refractivity contribution in [1.82, 2.24) is 19.9 Å². The zero-order valence-electron chi connectivity index (χ0n) is 29.3. The van der Waals surface area contributed by atoms with Crippen LogP contribution in [0.3, 0.4) is 0 Å². The number of benzene rings is 1. The van der Waals surface area contributed by atoms with E-state index >= 15 is 0 Å². The number of sulfonamides is 1. The zero-order chi connectivity index (χ0) is 36.0. The van der Waals surface area contributed by atoms with E-state index in [1.165, 1.54) is 31.3 Å².